The van der Waals surface area contributed by atoms with E-state index < -0.39 is 17.8 Å². The summed E-state index contributed by atoms with van der Waals surface area (Å²) in [5.74, 6) is -0.271. The molecule has 144 valence electrons. The molecular formula is C19H19F3N2O3. The predicted molar refractivity (Wildman–Crippen MR) is 93.1 cm³/mol. The van der Waals surface area contributed by atoms with Crippen molar-refractivity contribution in [2.24, 2.45) is 0 Å². The van der Waals surface area contributed by atoms with Crippen LogP contribution >= 0.6 is 0 Å². The second kappa shape index (κ2) is 7.48. The van der Waals surface area contributed by atoms with Crippen LogP contribution in [0.1, 0.15) is 11.1 Å². The van der Waals surface area contributed by atoms with E-state index in [1.165, 1.54) is 19.2 Å². The second-order valence-corrected chi connectivity index (χ2v) is 6.25. The largest absolute Gasteiger partial charge is 0.462 e. The number of nitrogens with zero attached hydrogens (tertiary/aromatic N) is 1. The van der Waals surface area contributed by atoms with Gasteiger partial charge in [0, 0.05) is 20.7 Å². The fraction of sp³-hybridized carbons (Fsp3) is 0.316. The van der Waals surface area contributed by atoms with E-state index in [0.29, 0.717) is 6.54 Å². The van der Waals surface area contributed by atoms with Gasteiger partial charge < -0.3 is 19.7 Å². The first-order valence-electron chi connectivity index (χ1n) is 8.24. The van der Waals surface area contributed by atoms with Gasteiger partial charge in [0.05, 0.1) is 11.1 Å². The quantitative estimate of drug-likeness (QED) is 0.796. The number of ketones is 1. The van der Waals surface area contributed by atoms with E-state index in [-0.39, 0.29) is 29.5 Å². The molecule has 0 fully saturated rings. The summed E-state index contributed by atoms with van der Waals surface area (Å²) in [6.45, 7) is 0.539. The molecule has 2 heterocycles. The van der Waals surface area contributed by atoms with E-state index in [2.05, 4.69) is 5.32 Å². The average molecular weight is 380 g/mol. The molecule has 0 bridgehead atoms. The van der Waals surface area contributed by atoms with E-state index in [4.69, 9.17) is 9.47 Å². The lowest BCUT2D eigenvalue weighted by molar-refractivity contribution is -0.137. The number of carbonyl (C=O) groups is 1. The highest BCUT2D eigenvalue weighted by molar-refractivity contribution is 6.26. The first-order valence-corrected chi connectivity index (χ1v) is 8.24. The molecule has 0 aromatic heterocycles. The number of hydrogen-bond donors (Lipinski definition) is 1. The fourth-order valence-electron chi connectivity index (χ4n) is 2.99. The molecule has 0 radical (unpaired) electrons. The van der Waals surface area contributed by atoms with Gasteiger partial charge in [-0.2, -0.15) is 13.2 Å². The standard InChI is InChI=1S/C19H19F3N2O3/c1-24-8-4-6-13(10-24)17-16(25)15(18(27-17)23-11-26-2)12-5-3-7-14(9-12)19(20,21)22/h3-9,17,23H,10-11H2,1-2H3. The van der Waals surface area contributed by atoms with E-state index in [0.717, 1.165) is 17.7 Å². The Morgan fingerprint density at radius 3 is 2.81 bits per heavy atom. The number of halogens is 3. The van der Waals surface area contributed by atoms with Crippen LogP contribution < -0.4 is 5.32 Å². The van der Waals surface area contributed by atoms with Crippen LogP contribution in [0.15, 0.2) is 54.1 Å². The minimum atomic E-state index is -4.50. The SMILES string of the molecule is COCNC1=C(c2cccc(C(F)(F)F)c2)C(=O)C(C2=CC=CN(C)C2)O1. The Morgan fingerprint density at radius 1 is 1.37 bits per heavy atom. The number of ether oxygens (including phenoxy) is 2. The van der Waals surface area contributed by atoms with E-state index in [1.807, 2.05) is 18.1 Å². The molecule has 8 heteroatoms. The molecule has 1 aromatic carbocycles. The predicted octanol–water partition coefficient (Wildman–Crippen LogP) is 2.92. The maximum atomic E-state index is 13.1. The van der Waals surface area contributed by atoms with Gasteiger partial charge in [-0.25, -0.2) is 0 Å². The molecule has 0 aliphatic carbocycles. The summed E-state index contributed by atoms with van der Waals surface area (Å²) in [4.78, 5) is 14.9. The highest BCUT2D eigenvalue weighted by Crippen LogP contribution is 2.36. The molecule has 2 aliphatic heterocycles. The minimum absolute atomic E-state index is 0.0522. The number of rotatable bonds is 5. The molecule has 3 rings (SSSR count). The highest BCUT2D eigenvalue weighted by Gasteiger charge is 2.39. The van der Waals surface area contributed by atoms with Gasteiger partial charge in [-0.15, -0.1) is 0 Å². The maximum absolute atomic E-state index is 13.1. The monoisotopic (exact) mass is 380 g/mol. The van der Waals surface area contributed by atoms with E-state index >= 15 is 0 Å². The number of methoxy groups -OCH3 is 1. The summed E-state index contributed by atoms with van der Waals surface area (Å²) in [6.07, 6.45) is 0.0406. The molecule has 0 saturated carbocycles. The van der Waals surface area contributed by atoms with Crippen LogP contribution in [0, 0.1) is 0 Å². The Kier molecular flexibility index (Phi) is 5.27. The van der Waals surface area contributed by atoms with Gasteiger partial charge in [0.15, 0.2) is 6.10 Å². The third kappa shape index (κ3) is 4.00. The smallest absolute Gasteiger partial charge is 0.416 e. The van der Waals surface area contributed by atoms with E-state index in [1.54, 1.807) is 12.2 Å². The Hall–Kier alpha value is -2.74. The Morgan fingerprint density at radius 2 is 2.15 bits per heavy atom. The minimum Gasteiger partial charge on any atom is -0.462 e. The normalized spacial score (nSPS) is 20.0. The highest BCUT2D eigenvalue weighted by atomic mass is 19.4. The Balaban J connectivity index is 1.98. The van der Waals surface area contributed by atoms with Crippen molar-refractivity contribution in [2.45, 2.75) is 12.3 Å². The van der Waals surface area contributed by atoms with Gasteiger partial charge in [-0.1, -0.05) is 18.2 Å². The van der Waals surface area contributed by atoms with Gasteiger partial charge in [0.1, 0.15) is 6.73 Å². The molecular weight excluding hydrogens is 361 g/mol. The van der Waals surface area contributed by atoms with Crippen molar-refractivity contribution in [3.63, 3.8) is 0 Å². The summed E-state index contributed by atoms with van der Waals surface area (Å²) in [6, 6.07) is 4.66. The third-order valence-electron chi connectivity index (χ3n) is 4.22. The molecule has 0 spiro atoms. The summed E-state index contributed by atoms with van der Waals surface area (Å²) in [5.41, 5.74) is 0.135. The number of carbonyl (C=O) groups excluding carboxylic acids is 1. The van der Waals surface area contributed by atoms with Gasteiger partial charge in [-0.3, -0.25) is 4.79 Å². The molecule has 5 nitrogen and oxygen atoms in total. The molecule has 0 amide bonds. The van der Waals surface area contributed by atoms with Gasteiger partial charge in [-0.05, 0) is 35.5 Å². The topological polar surface area (TPSA) is 50.8 Å². The zero-order valence-corrected chi connectivity index (χ0v) is 14.8. The summed E-state index contributed by atoms with van der Waals surface area (Å²) in [7, 11) is 3.31. The number of allylic oxidation sites excluding steroid dienone is 2. The average Bonchev–Trinajstić information content (AvgIpc) is 2.95. The molecule has 1 N–H and O–H groups in total. The number of benzene rings is 1. The van der Waals surface area contributed by atoms with Crippen LogP contribution in [-0.4, -0.2) is 44.2 Å². The zero-order valence-electron chi connectivity index (χ0n) is 14.8. The van der Waals surface area contributed by atoms with Crippen molar-refractivity contribution < 1.29 is 27.4 Å². The van der Waals surface area contributed by atoms with Crippen LogP contribution in [-0.2, 0) is 20.4 Å². The first kappa shape index (κ1) is 19.0. The van der Waals surface area contributed by atoms with Crippen molar-refractivity contribution in [3.05, 3.63) is 65.2 Å². The molecule has 2 aliphatic rings. The molecule has 27 heavy (non-hydrogen) atoms. The van der Waals surface area contributed by atoms with Crippen molar-refractivity contribution in [1.82, 2.24) is 10.2 Å². The summed E-state index contributed by atoms with van der Waals surface area (Å²) >= 11 is 0. The molecule has 1 unspecified atom stereocenters. The van der Waals surface area contributed by atoms with Crippen molar-refractivity contribution in [2.75, 3.05) is 27.4 Å². The second-order valence-electron chi connectivity index (χ2n) is 6.25. The molecule has 1 aromatic rings. The van der Waals surface area contributed by atoms with Crippen molar-refractivity contribution >= 4 is 11.4 Å². The van der Waals surface area contributed by atoms with E-state index in [9.17, 15) is 18.0 Å². The lowest BCUT2D eigenvalue weighted by Gasteiger charge is -2.23. The number of alkyl halides is 3. The third-order valence-corrected chi connectivity index (χ3v) is 4.22. The lowest BCUT2D eigenvalue weighted by atomic mass is 9.95. The van der Waals surface area contributed by atoms with Gasteiger partial charge >= 0.3 is 6.18 Å². The van der Waals surface area contributed by atoms with Crippen LogP contribution in [0.5, 0.6) is 0 Å². The molecule has 1 atom stereocenters. The molecule has 0 saturated heterocycles. The summed E-state index contributed by atoms with van der Waals surface area (Å²) in [5, 5.41) is 2.82. The van der Waals surface area contributed by atoms with Crippen LogP contribution in [0.25, 0.3) is 5.57 Å². The number of likely N-dealkylation sites (N-methyl/N-ethyl adjacent to an activating group) is 1. The first-order chi connectivity index (χ1) is 12.8. The van der Waals surface area contributed by atoms with Crippen LogP contribution in [0.2, 0.25) is 0 Å². The lowest BCUT2D eigenvalue weighted by Crippen LogP contribution is -2.29. The zero-order chi connectivity index (χ0) is 19.6. The maximum Gasteiger partial charge on any atom is 0.416 e. The van der Waals surface area contributed by atoms with Crippen LogP contribution in [0.4, 0.5) is 13.2 Å². The summed E-state index contributed by atoms with van der Waals surface area (Å²) < 4.78 is 49.9. The van der Waals surface area contributed by atoms with Gasteiger partial charge in [0.25, 0.3) is 0 Å². The number of Topliss-reactive ketones (excluding diaryl/α,β-unsaturated/α-hetero) is 1. The Bertz CT molecular complexity index is 828. The number of nitrogens with one attached hydrogen (secondary N) is 1. The van der Waals surface area contributed by atoms with Gasteiger partial charge in [0.2, 0.25) is 11.7 Å². The van der Waals surface area contributed by atoms with Crippen molar-refractivity contribution in [1.29, 1.82) is 0 Å². The number of hydrogen-bond acceptors (Lipinski definition) is 5. The van der Waals surface area contributed by atoms with Crippen LogP contribution in [0.3, 0.4) is 0 Å². The fourth-order valence-corrected chi connectivity index (χ4v) is 2.99. The van der Waals surface area contributed by atoms with Crippen molar-refractivity contribution in [3.8, 4) is 0 Å². The Labute approximate surface area is 154 Å².